The summed E-state index contributed by atoms with van der Waals surface area (Å²) in [7, 11) is -10.7. The summed E-state index contributed by atoms with van der Waals surface area (Å²) in [6, 6.07) is 8.73. The van der Waals surface area contributed by atoms with Gasteiger partial charge in [0, 0.05) is 18.0 Å². The zero-order valence-electron chi connectivity index (χ0n) is 24.6. The fourth-order valence-electron chi connectivity index (χ4n) is 4.21. The standard InChI is InChI=1S/C30H19Cl2F6N3O6S2/c1-3-5-25(42)40-17-6-4-7-18(13-17)47-28-24(12-16(2)15-39-28)49(45,46)41-23-11-10-22(32)26(30(36,37)38)27(23)48(43,44)19-8-9-21(31)20(14-19)29(33,34)35/h4,6-15,41H,1-2H3,(H,40,42). The Morgan fingerprint density at radius 3 is 2.20 bits per heavy atom. The normalized spacial score (nSPS) is 12.1. The van der Waals surface area contributed by atoms with Crippen molar-refractivity contribution in [1.82, 2.24) is 4.98 Å². The van der Waals surface area contributed by atoms with Crippen molar-refractivity contribution in [2.75, 3.05) is 10.0 Å². The van der Waals surface area contributed by atoms with Gasteiger partial charge in [0.05, 0.1) is 31.8 Å². The molecule has 258 valence electrons. The highest BCUT2D eigenvalue weighted by Crippen LogP contribution is 2.46. The minimum atomic E-state index is -5.63. The molecule has 4 rings (SSSR count). The van der Waals surface area contributed by atoms with Crippen molar-refractivity contribution in [3.63, 3.8) is 0 Å². The number of halogens is 8. The zero-order chi connectivity index (χ0) is 36.5. The van der Waals surface area contributed by atoms with Crippen LogP contribution in [0.15, 0.2) is 81.5 Å². The van der Waals surface area contributed by atoms with Crippen molar-refractivity contribution in [1.29, 1.82) is 0 Å². The summed E-state index contributed by atoms with van der Waals surface area (Å²) in [6.45, 7) is 2.85. The number of hydrogen-bond acceptors (Lipinski definition) is 7. The van der Waals surface area contributed by atoms with Gasteiger partial charge in [-0.05, 0) is 73.9 Å². The van der Waals surface area contributed by atoms with Crippen LogP contribution in [0.4, 0.5) is 37.7 Å². The molecule has 0 atom stereocenters. The van der Waals surface area contributed by atoms with E-state index in [1.165, 1.54) is 44.3 Å². The largest absolute Gasteiger partial charge is 0.438 e. The molecule has 0 saturated heterocycles. The van der Waals surface area contributed by atoms with Crippen molar-refractivity contribution in [3.05, 3.63) is 93.6 Å². The van der Waals surface area contributed by atoms with Crippen LogP contribution < -0.4 is 14.8 Å². The number of aromatic nitrogens is 1. The Labute approximate surface area is 285 Å². The average molecular weight is 767 g/mol. The Morgan fingerprint density at radius 2 is 1.57 bits per heavy atom. The van der Waals surface area contributed by atoms with Crippen molar-refractivity contribution >= 4 is 60.3 Å². The SMILES string of the molecule is CC#CC(=O)Nc1cccc(Oc2ncc(C)cc2S(=O)(=O)Nc2ccc(Cl)c(C(F)(F)F)c2S(=O)(=O)c2ccc(Cl)c(C(F)(F)F)c2)c1. The molecule has 9 nitrogen and oxygen atoms in total. The lowest BCUT2D eigenvalue weighted by molar-refractivity contribution is -0.140. The molecular weight excluding hydrogens is 747 g/mol. The molecule has 0 radical (unpaired) electrons. The number of ether oxygens (including phenoxy) is 1. The number of carbonyl (C=O) groups excluding carboxylic acids is 1. The Kier molecular flexibility index (Phi) is 10.5. The highest BCUT2D eigenvalue weighted by Gasteiger charge is 2.43. The Hall–Kier alpha value is -4.50. The summed E-state index contributed by atoms with van der Waals surface area (Å²) in [5, 5.41) is 0.309. The molecule has 1 amide bonds. The Bertz CT molecular complexity index is 2250. The third kappa shape index (κ3) is 8.39. The van der Waals surface area contributed by atoms with Crippen LogP contribution in [0.3, 0.4) is 0 Å². The lowest BCUT2D eigenvalue weighted by Crippen LogP contribution is -2.21. The summed E-state index contributed by atoms with van der Waals surface area (Å²) >= 11 is 11.3. The van der Waals surface area contributed by atoms with Gasteiger partial charge in [-0.15, -0.1) is 0 Å². The third-order valence-electron chi connectivity index (χ3n) is 6.25. The van der Waals surface area contributed by atoms with Gasteiger partial charge in [-0.1, -0.05) is 35.2 Å². The molecule has 1 heterocycles. The number of nitrogens with one attached hydrogen (secondary N) is 2. The van der Waals surface area contributed by atoms with E-state index in [2.05, 4.69) is 22.1 Å². The summed E-state index contributed by atoms with van der Waals surface area (Å²) < 4.78 is 146. The first-order valence-electron chi connectivity index (χ1n) is 13.2. The molecule has 2 N–H and O–H groups in total. The molecule has 0 fully saturated rings. The second-order valence-electron chi connectivity index (χ2n) is 9.82. The highest BCUT2D eigenvalue weighted by atomic mass is 35.5. The lowest BCUT2D eigenvalue weighted by Gasteiger charge is -2.20. The van der Waals surface area contributed by atoms with Crippen LogP contribution in [0.5, 0.6) is 11.6 Å². The highest BCUT2D eigenvalue weighted by molar-refractivity contribution is 7.93. The number of nitrogens with zero attached hydrogens (tertiary/aromatic N) is 1. The number of rotatable bonds is 8. The van der Waals surface area contributed by atoms with E-state index in [1.54, 1.807) is 4.72 Å². The molecule has 0 aliphatic carbocycles. The molecule has 0 aliphatic heterocycles. The van der Waals surface area contributed by atoms with Gasteiger partial charge in [-0.3, -0.25) is 9.52 Å². The molecule has 0 saturated carbocycles. The molecule has 19 heteroatoms. The molecule has 0 spiro atoms. The van der Waals surface area contributed by atoms with E-state index in [4.69, 9.17) is 27.9 Å². The van der Waals surface area contributed by atoms with E-state index in [0.717, 1.165) is 6.07 Å². The topological polar surface area (TPSA) is 132 Å². The molecule has 0 unspecified atom stereocenters. The first-order valence-corrected chi connectivity index (χ1v) is 16.9. The summed E-state index contributed by atoms with van der Waals surface area (Å²) in [5.74, 6) is 3.31. The predicted molar refractivity (Wildman–Crippen MR) is 167 cm³/mol. The van der Waals surface area contributed by atoms with E-state index < -0.39 is 85.5 Å². The monoisotopic (exact) mass is 765 g/mol. The maximum Gasteiger partial charge on any atom is 0.419 e. The summed E-state index contributed by atoms with van der Waals surface area (Å²) in [4.78, 5) is 11.9. The Morgan fingerprint density at radius 1 is 0.898 bits per heavy atom. The molecule has 4 aromatic rings. The van der Waals surface area contributed by atoms with E-state index in [1.807, 2.05) is 0 Å². The van der Waals surface area contributed by atoms with E-state index >= 15 is 0 Å². The summed E-state index contributed by atoms with van der Waals surface area (Å²) in [5.41, 5.74) is -4.54. The van der Waals surface area contributed by atoms with Crippen LogP contribution in [0.1, 0.15) is 23.6 Å². The third-order valence-corrected chi connectivity index (χ3v) is 10.1. The van der Waals surface area contributed by atoms with Gasteiger partial charge >= 0.3 is 12.4 Å². The van der Waals surface area contributed by atoms with Gasteiger partial charge in [0.2, 0.25) is 15.7 Å². The van der Waals surface area contributed by atoms with E-state index in [9.17, 15) is 48.0 Å². The van der Waals surface area contributed by atoms with Crippen LogP contribution in [-0.2, 0) is 37.0 Å². The van der Waals surface area contributed by atoms with Crippen molar-refractivity contribution in [2.45, 2.75) is 40.9 Å². The minimum absolute atomic E-state index is 0.0127. The van der Waals surface area contributed by atoms with Crippen LogP contribution in [-0.4, -0.2) is 27.7 Å². The van der Waals surface area contributed by atoms with Gasteiger partial charge in [0.15, 0.2) is 0 Å². The smallest absolute Gasteiger partial charge is 0.419 e. The van der Waals surface area contributed by atoms with Crippen LogP contribution in [0.25, 0.3) is 0 Å². The van der Waals surface area contributed by atoms with Gasteiger partial charge in [0.1, 0.15) is 15.5 Å². The number of anilines is 2. The number of carbonyl (C=O) groups is 1. The number of amides is 1. The molecule has 0 aliphatic rings. The second kappa shape index (κ2) is 13.8. The average Bonchev–Trinajstić information content (AvgIpc) is 2.97. The molecule has 49 heavy (non-hydrogen) atoms. The number of sulfonamides is 1. The second-order valence-corrected chi connectivity index (χ2v) is 14.2. The predicted octanol–water partition coefficient (Wildman–Crippen LogP) is 8.12. The van der Waals surface area contributed by atoms with Crippen LogP contribution in [0.2, 0.25) is 10.0 Å². The fraction of sp³-hybridized carbons (Fsp3) is 0.133. The summed E-state index contributed by atoms with van der Waals surface area (Å²) in [6.07, 6.45) is -9.57. The van der Waals surface area contributed by atoms with Crippen molar-refractivity contribution in [2.24, 2.45) is 0 Å². The maximum absolute atomic E-state index is 14.3. The van der Waals surface area contributed by atoms with Crippen LogP contribution in [0, 0.1) is 18.8 Å². The molecule has 1 aromatic heterocycles. The number of alkyl halides is 6. The fourth-order valence-corrected chi connectivity index (χ4v) is 7.72. The van der Waals surface area contributed by atoms with Gasteiger partial charge < -0.3 is 10.1 Å². The quantitative estimate of drug-likeness (QED) is 0.137. The number of pyridine rings is 1. The lowest BCUT2D eigenvalue weighted by atomic mass is 10.2. The maximum atomic E-state index is 14.3. The minimum Gasteiger partial charge on any atom is -0.438 e. The number of benzene rings is 3. The zero-order valence-corrected chi connectivity index (χ0v) is 27.7. The first kappa shape index (κ1) is 37.3. The van der Waals surface area contributed by atoms with Gasteiger partial charge in [-0.2, -0.15) is 26.3 Å². The first-order chi connectivity index (χ1) is 22.6. The van der Waals surface area contributed by atoms with E-state index in [-0.39, 0.29) is 23.1 Å². The van der Waals surface area contributed by atoms with Gasteiger partial charge in [0.25, 0.3) is 15.9 Å². The number of aryl methyl sites for hydroxylation is 1. The number of hydrogen-bond donors (Lipinski definition) is 2. The van der Waals surface area contributed by atoms with E-state index in [0.29, 0.717) is 24.3 Å². The Balaban J connectivity index is 1.87. The van der Waals surface area contributed by atoms with Crippen molar-refractivity contribution in [3.8, 4) is 23.5 Å². The number of sulfone groups is 1. The molecule has 0 bridgehead atoms. The van der Waals surface area contributed by atoms with Crippen LogP contribution >= 0.6 is 23.2 Å². The van der Waals surface area contributed by atoms with Gasteiger partial charge in [-0.25, -0.2) is 21.8 Å². The molecular formula is C30H19Cl2F6N3O6S2. The van der Waals surface area contributed by atoms with Crippen molar-refractivity contribution < 1.29 is 52.7 Å². The molecule has 3 aromatic carbocycles.